The molecule has 1 aromatic rings. The molecular weight excluding hydrogens is 352 g/mol. The van der Waals surface area contributed by atoms with Crippen LogP contribution in [0.25, 0.3) is 0 Å². The second-order valence-corrected chi connectivity index (χ2v) is 7.79. The fourth-order valence-corrected chi connectivity index (χ4v) is 3.45. The molecule has 0 aliphatic heterocycles. The molecule has 0 fully saturated rings. The first-order valence-corrected chi connectivity index (χ1v) is 9.77. The van der Waals surface area contributed by atoms with Crippen LogP contribution in [0.4, 0.5) is 0 Å². The van der Waals surface area contributed by atoms with Crippen LogP contribution in [-0.4, -0.2) is 40.1 Å². The van der Waals surface area contributed by atoms with Crippen LogP contribution in [0, 0.1) is 5.92 Å². The molecular formula is C16H25ClN2O4S. The van der Waals surface area contributed by atoms with Gasteiger partial charge in [-0.15, -0.1) is 0 Å². The SMILES string of the molecule is CCOCCCNC(=O)[C@@H](NS(=O)(=O)c1ccc(Cl)cc1)C(C)C. The van der Waals surface area contributed by atoms with Gasteiger partial charge in [-0.2, -0.15) is 4.72 Å². The van der Waals surface area contributed by atoms with Crippen molar-refractivity contribution in [1.29, 1.82) is 0 Å². The Kier molecular flexibility index (Phi) is 8.69. The van der Waals surface area contributed by atoms with Crippen LogP contribution in [-0.2, 0) is 19.6 Å². The number of amides is 1. The van der Waals surface area contributed by atoms with Crippen molar-refractivity contribution in [3.63, 3.8) is 0 Å². The van der Waals surface area contributed by atoms with Crippen LogP contribution in [0.15, 0.2) is 29.2 Å². The van der Waals surface area contributed by atoms with Gasteiger partial charge in [-0.3, -0.25) is 4.79 Å². The average Bonchev–Trinajstić information content (AvgIpc) is 2.52. The molecule has 0 saturated carbocycles. The van der Waals surface area contributed by atoms with Gasteiger partial charge in [0.05, 0.1) is 4.90 Å². The summed E-state index contributed by atoms with van der Waals surface area (Å²) in [6.45, 7) is 7.09. The molecule has 0 bridgehead atoms. The molecule has 1 aromatic carbocycles. The Balaban J connectivity index is 2.71. The van der Waals surface area contributed by atoms with Gasteiger partial charge in [0.25, 0.3) is 0 Å². The maximum Gasteiger partial charge on any atom is 0.241 e. The van der Waals surface area contributed by atoms with Crippen molar-refractivity contribution in [2.45, 2.75) is 38.1 Å². The summed E-state index contributed by atoms with van der Waals surface area (Å²) in [4.78, 5) is 12.4. The number of hydrogen-bond donors (Lipinski definition) is 2. The van der Waals surface area contributed by atoms with Crippen molar-refractivity contribution in [2.75, 3.05) is 19.8 Å². The summed E-state index contributed by atoms with van der Waals surface area (Å²) in [7, 11) is -3.80. The van der Waals surface area contributed by atoms with Gasteiger partial charge in [0.2, 0.25) is 15.9 Å². The summed E-state index contributed by atoms with van der Waals surface area (Å²) >= 11 is 5.77. The van der Waals surface area contributed by atoms with E-state index in [9.17, 15) is 13.2 Å². The van der Waals surface area contributed by atoms with Crippen LogP contribution < -0.4 is 10.0 Å². The highest BCUT2D eigenvalue weighted by Crippen LogP contribution is 2.15. The standard InChI is InChI=1S/C16H25ClN2O4S/c1-4-23-11-5-10-18-16(20)15(12(2)3)19-24(21,22)14-8-6-13(17)7-9-14/h6-9,12,15,19H,4-5,10-11H2,1-3H3,(H,18,20)/t15-/m0/s1. The minimum absolute atomic E-state index is 0.0710. The van der Waals surface area contributed by atoms with Gasteiger partial charge in [0, 0.05) is 24.8 Å². The second kappa shape index (κ2) is 9.98. The predicted octanol–water partition coefficient (Wildman–Crippen LogP) is 2.19. The zero-order valence-corrected chi connectivity index (χ0v) is 15.8. The van der Waals surface area contributed by atoms with Gasteiger partial charge in [-0.1, -0.05) is 25.4 Å². The first kappa shape index (κ1) is 20.9. The van der Waals surface area contributed by atoms with Crippen molar-refractivity contribution in [3.05, 3.63) is 29.3 Å². The lowest BCUT2D eigenvalue weighted by atomic mass is 10.1. The Hall–Kier alpha value is -1.15. The van der Waals surface area contributed by atoms with Gasteiger partial charge in [-0.25, -0.2) is 8.42 Å². The van der Waals surface area contributed by atoms with E-state index in [1.165, 1.54) is 24.3 Å². The number of carbonyl (C=O) groups is 1. The average molecular weight is 377 g/mol. The summed E-state index contributed by atoms with van der Waals surface area (Å²) in [6, 6.07) is 4.95. The number of sulfonamides is 1. The molecule has 24 heavy (non-hydrogen) atoms. The lowest BCUT2D eigenvalue weighted by Crippen LogP contribution is -2.49. The maximum absolute atomic E-state index is 12.4. The van der Waals surface area contributed by atoms with Gasteiger partial charge in [-0.05, 0) is 43.5 Å². The van der Waals surface area contributed by atoms with Crippen LogP contribution in [0.3, 0.4) is 0 Å². The van der Waals surface area contributed by atoms with E-state index in [1.807, 2.05) is 6.92 Å². The second-order valence-electron chi connectivity index (χ2n) is 5.64. The Labute approximate surface area is 149 Å². The number of hydrogen-bond acceptors (Lipinski definition) is 4. The predicted molar refractivity (Wildman–Crippen MR) is 94.5 cm³/mol. The molecule has 136 valence electrons. The van der Waals surface area contributed by atoms with E-state index in [0.29, 0.717) is 31.2 Å². The summed E-state index contributed by atoms with van der Waals surface area (Å²) in [5.41, 5.74) is 0. The molecule has 1 rings (SSSR count). The third-order valence-electron chi connectivity index (χ3n) is 3.32. The number of rotatable bonds is 10. The topological polar surface area (TPSA) is 84.5 Å². The molecule has 0 spiro atoms. The van der Waals surface area contributed by atoms with E-state index < -0.39 is 16.1 Å². The number of benzene rings is 1. The summed E-state index contributed by atoms with van der Waals surface area (Å²) in [5.74, 6) is -0.544. The minimum Gasteiger partial charge on any atom is -0.382 e. The molecule has 0 aliphatic carbocycles. The normalized spacial score (nSPS) is 13.0. The first-order chi connectivity index (χ1) is 11.3. The largest absolute Gasteiger partial charge is 0.382 e. The van der Waals surface area contributed by atoms with Crippen molar-refractivity contribution >= 4 is 27.5 Å². The van der Waals surface area contributed by atoms with E-state index in [1.54, 1.807) is 13.8 Å². The maximum atomic E-state index is 12.4. The van der Waals surface area contributed by atoms with Crippen LogP contribution >= 0.6 is 11.6 Å². The molecule has 1 atom stereocenters. The molecule has 0 heterocycles. The van der Waals surface area contributed by atoms with Crippen LogP contribution in [0.2, 0.25) is 5.02 Å². The molecule has 2 N–H and O–H groups in total. The third kappa shape index (κ3) is 6.76. The molecule has 0 saturated heterocycles. The van der Waals surface area contributed by atoms with Crippen molar-refractivity contribution < 1.29 is 17.9 Å². The zero-order valence-electron chi connectivity index (χ0n) is 14.2. The highest BCUT2D eigenvalue weighted by atomic mass is 35.5. The lowest BCUT2D eigenvalue weighted by molar-refractivity contribution is -0.123. The Morgan fingerprint density at radius 3 is 2.42 bits per heavy atom. The van der Waals surface area contributed by atoms with E-state index >= 15 is 0 Å². The Morgan fingerprint density at radius 1 is 1.25 bits per heavy atom. The molecule has 0 radical (unpaired) electrons. The number of carbonyl (C=O) groups excluding carboxylic acids is 1. The minimum atomic E-state index is -3.80. The molecule has 8 heteroatoms. The smallest absolute Gasteiger partial charge is 0.241 e. The van der Waals surface area contributed by atoms with E-state index in [2.05, 4.69) is 10.0 Å². The lowest BCUT2D eigenvalue weighted by Gasteiger charge is -2.21. The third-order valence-corrected chi connectivity index (χ3v) is 5.03. The molecule has 6 nitrogen and oxygen atoms in total. The molecule has 0 aromatic heterocycles. The summed E-state index contributed by atoms with van der Waals surface area (Å²) < 4.78 is 32.5. The molecule has 0 aliphatic rings. The quantitative estimate of drug-likeness (QED) is 0.613. The Bertz CT molecular complexity index is 617. The van der Waals surface area contributed by atoms with Crippen LogP contribution in [0.5, 0.6) is 0 Å². The van der Waals surface area contributed by atoms with Crippen molar-refractivity contribution in [3.8, 4) is 0 Å². The number of nitrogens with one attached hydrogen (secondary N) is 2. The fourth-order valence-electron chi connectivity index (χ4n) is 1.98. The fraction of sp³-hybridized carbons (Fsp3) is 0.562. The molecule has 1 amide bonds. The first-order valence-electron chi connectivity index (χ1n) is 7.91. The Morgan fingerprint density at radius 2 is 1.88 bits per heavy atom. The van der Waals surface area contributed by atoms with E-state index in [-0.39, 0.29) is 16.7 Å². The zero-order chi connectivity index (χ0) is 18.2. The van der Waals surface area contributed by atoms with Crippen LogP contribution in [0.1, 0.15) is 27.2 Å². The summed E-state index contributed by atoms with van der Waals surface area (Å²) in [5, 5.41) is 3.18. The van der Waals surface area contributed by atoms with E-state index in [4.69, 9.17) is 16.3 Å². The highest BCUT2D eigenvalue weighted by Gasteiger charge is 2.28. The van der Waals surface area contributed by atoms with Gasteiger partial charge >= 0.3 is 0 Å². The van der Waals surface area contributed by atoms with Gasteiger partial charge < -0.3 is 10.1 Å². The van der Waals surface area contributed by atoms with Crippen molar-refractivity contribution in [1.82, 2.24) is 10.0 Å². The van der Waals surface area contributed by atoms with Crippen molar-refractivity contribution in [2.24, 2.45) is 5.92 Å². The van der Waals surface area contributed by atoms with E-state index in [0.717, 1.165) is 0 Å². The van der Waals surface area contributed by atoms with Gasteiger partial charge in [0.15, 0.2) is 0 Å². The highest BCUT2D eigenvalue weighted by molar-refractivity contribution is 7.89. The monoisotopic (exact) mass is 376 g/mol. The van der Waals surface area contributed by atoms with Gasteiger partial charge in [0.1, 0.15) is 6.04 Å². The summed E-state index contributed by atoms with van der Waals surface area (Å²) in [6.07, 6.45) is 0.675. The number of halogens is 1. The number of ether oxygens (including phenoxy) is 1. The molecule has 0 unspecified atom stereocenters.